The molecule has 0 aliphatic carbocycles. The molecule has 19 heavy (non-hydrogen) atoms. The molecule has 0 saturated heterocycles. The lowest BCUT2D eigenvalue weighted by atomic mass is 9.77. The lowest BCUT2D eigenvalue weighted by molar-refractivity contribution is 0.0533. The molecule has 1 aromatic rings. The van der Waals surface area contributed by atoms with E-state index in [0.29, 0.717) is 25.6 Å². The first-order valence-corrected chi connectivity index (χ1v) is 6.91. The number of aliphatic hydroxyl groups excluding tert-OH is 2. The molecule has 1 rings (SSSR count). The fourth-order valence-electron chi connectivity index (χ4n) is 2.27. The second-order valence-electron chi connectivity index (χ2n) is 5.63. The van der Waals surface area contributed by atoms with E-state index in [1.807, 2.05) is 31.2 Å². The van der Waals surface area contributed by atoms with Gasteiger partial charge in [-0.1, -0.05) is 38.1 Å². The average molecular weight is 266 g/mol. The highest BCUT2D eigenvalue weighted by Crippen LogP contribution is 2.30. The van der Waals surface area contributed by atoms with Gasteiger partial charge in [0.05, 0.1) is 13.2 Å². The van der Waals surface area contributed by atoms with Crippen LogP contribution in [0.1, 0.15) is 31.4 Å². The normalized spacial score (nSPS) is 12.1. The van der Waals surface area contributed by atoms with E-state index < -0.39 is 5.41 Å². The quantitative estimate of drug-likeness (QED) is 0.710. The van der Waals surface area contributed by atoms with Crippen LogP contribution >= 0.6 is 0 Å². The van der Waals surface area contributed by atoms with Crippen LogP contribution in [-0.4, -0.2) is 36.6 Å². The third-order valence-electron chi connectivity index (χ3n) is 3.50. The van der Waals surface area contributed by atoms with Gasteiger partial charge in [0.1, 0.15) is 0 Å². The molecule has 0 heterocycles. The minimum absolute atomic E-state index is 0.0700. The van der Waals surface area contributed by atoms with Gasteiger partial charge in [0, 0.05) is 18.6 Å². The molecule has 0 saturated carbocycles. The first-order chi connectivity index (χ1) is 9.05. The molecule has 0 spiro atoms. The molecular formula is C16H26O3. The van der Waals surface area contributed by atoms with Gasteiger partial charge in [-0.2, -0.15) is 0 Å². The van der Waals surface area contributed by atoms with Gasteiger partial charge in [-0.25, -0.2) is 0 Å². The predicted octanol–water partition coefficient (Wildman–Crippen LogP) is 2.28. The van der Waals surface area contributed by atoms with Gasteiger partial charge in [-0.15, -0.1) is 0 Å². The van der Waals surface area contributed by atoms with Gasteiger partial charge in [0.25, 0.3) is 0 Å². The van der Waals surface area contributed by atoms with Crippen molar-refractivity contribution in [2.24, 2.45) is 5.92 Å². The molecule has 2 N–H and O–H groups in total. The Balaban J connectivity index is 2.77. The standard InChI is InChI=1S/C16H26O3/c1-13(2)10-19-9-8-16(11-17,12-18)15-7-5-4-6-14(15)3/h4-7,13,17-18H,8-12H2,1-3H3. The van der Waals surface area contributed by atoms with Crippen molar-refractivity contribution in [2.45, 2.75) is 32.6 Å². The zero-order valence-corrected chi connectivity index (χ0v) is 12.2. The maximum absolute atomic E-state index is 9.75. The van der Waals surface area contributed by atoms with Crippen LogP contribution in [0.2, 0.25) is 0 Å². The molecule has 3 heteroatoms. The summed E-state index contributed by atoms with van der Waals surface area (Å²) in [5.74, 6) is 0.496. The molecule has 0 amide bonds. The second kappa shape index (κ2) is 7.63. The van der Waals surface area contributed by atoms with Gasteiger partial charge < -0.3 is 14.9 Å². The number of benzene rings is 1. The van der Waals surface area contributed by atoms with Crippen molar-refractivity contribution in [1.29, 1.82) is 0 Å². The molecular weight excluding hydrogens is 240 g/mol. The van der Waals surface area contributed by atoms with Crippen molar-refractivity contribution >= 4 is 0 Å². The number of ether oxygens (including phenoxy) is 1. The summed E-state index contributed by atoms with van der Waals surface area (Å²) in [5, 5.41) is 19.5. The topological polar surface area (TPSA) is 49.7 Å². The Morgan fingerprint density at radius 1 is 1.16 bits per heavy atom. The average Bonchev–Trinajstić information content (AvgIpc) is 2.40. The predicted molar refractivity (Wildman–Crippen MR) is 77.3 cm³/mol. The van der Waals surface area contributed by atoms with Crippen LogP contribution < -0.4 is 0 Å². The van der Waals surface area contributed by atoms with Crippen LogP contribution in [0.5, 0.6) is 0 Å². The Labute approximate surface area is 116 Å². The summed E-state index contributed by atoms with van der Waals surface area (Å²) in [4.78, 5) is 0. The molecule has 0 atom stereocenters. The van der Waals surface area contributed by atoms with E-state index in [4.69, 9.17) is 4.74 Å². The van der Waals surface area contributed by atoms with E-state index in [9.17, 15) is 10.2 Å². The zero-order chi connectivity index (χ0) is 14.3. The van der Waals surface area contributed by atoms with Crippen LogP contribution in [0, 0.1) is 12.8 Å². The van der Waals surface area contributed by atoms with Crippen LogP contribution in [-0.2, 0) is 10.2 Å². The van der Waals surface area contributed by atoms with E-state index in [0.717, 1.165) is 11.1 Å². The van der Waals surface area contributed by atoms with Gasteiger partial charge in [0.2, 0.25) is 0 Å². The summed E-state index contributed by atoms with van der Waals surface area (Å²) >= 11 is 0. The molecule has 0 unspecified atom stereocenters. The van der Waals surface area contributed by atoms with E-state index in [-0.39, 0.29) is 13.2 Å². The number of aryl methyl sites for hydroxylation is 1. The monoisotopic (exact) mass is 266 g/mol. The highest BCUT2D eigenvalue weighted by atomic mass is 16.5. The highest BCUT2D eigenvalue weighted by molar-refractivity contribution is 5.33. The third-order valence-corrected chi connectivity index (χ3v) is 3.50. The van der Waals surface area contributed by atoms with E-state index in [2.05, 4.69) is 13.8 Å². The van der Waals surface area contributed by atoms with Crippen molar-refractivity contribution in [3.63, 3.8) is 0 Å². The number of rotatable bonds is 8. The Hall–Kier alpha value is -0.900. The van der Waals surface area contributed by atoms with Gasteiger partial charge >= 0.3 is 0 Å². The molecule has 0 aliphatic heterocycles. The Morgan fingerprint density at radius 3 is 2.32 bits per heavy atom. The van der Waals surface area contributed by atoms with E-state index >= 15 is 0 Å². The Bertz CT molecular complexity index is 370. The molecule has 0 bridgehead atoms. The van der Waals surface area contributed by atoms with Crippen molar-refractivity contribution < 1.29 is 14.9 Å². The van der Waals surface area contributed by atoms with E-state index in [1.54, 1.807) is 0 Å². The molecule has 3 nitrogen and oxygen atoms in total. The summed E-state index contributed by atoms with van der Waals surface area (Å²) in [7, 11) is 0. The second-order valence-corrected chi connectivity index (χ2v) is 5.63. The molecule has 0 radical (unpaired) electrons. The summed E-state index contributed by atoms with van der Waals surface area (Å²) in [6, 6.07) is 7.89. The highest BCUT2D eigenvalue weighted by Gasteiger charge is 2.32. The lowest BCUT2D eigenvalue weighted by Crippen LogP contribution is -2.37. The fourth-order valence-corrected chi connectivity index (χ4v) is 2.27. The summed E-state index contributed by atoms with van der Waals surface area (Å²) < 4.78 is 5.59. The molecule has 0 fully saturated rings. The first-order valence-electron chi connectivity index (χ1n) is 6.91. The van der Waals surface area contributed by atoms with Crippen molar-refractivity contribution in [1.82, 2.24) is 0 Å². The first kappa shape index (κ1) is 16.2. The largest absolute Gasteiger partial charge is 0.395 e. The number of aliphatic hydroxyl groups is 2. The number of hydrogen-bond donors (Lipinski definition) is 2. The molecule has 0 aromatic heterocycles. The van der Waals surface area contributed by atoms with Gasteiger partial charge in [-0.3, -0.25) is 0 Å². The van der Waals surface area contributed by atoms with Crippen molar-refractivity contribution in [2.75, 3.05) is 26.4 Å². The third kappa shape index (κ3) is 4.30. The molecule has 1 aromatic carbocycles. The zero-order valence-electron chi connectivity index (χ0n) is 12.2. The Morgan fingerprint density at radius 2 is 1.79 bits per heavy atom. The smallest absolute Gasteiger partial charge is 0.0551 e. The van der Waals surface area contributed by atoms with Crippen LogP contribution in [0.4, 0.5) is 0 Å². The van der Waals surface area contributed by atoms with Crippen molar-refractivity contribution in [3.8, 4) is 0 Å². The van der Waals surface area contributed by atoms with Gasteiger partial charge in [0.15, 0.2) is 0 Å². The minimum Gasteiger partial charge on any atom is -0.395 e. The summed E-state index contributed by atoms with van der Waals surface area (Å²) in [5.41, 5.74) is 1.49. The van der Waals surface area contributed by atoms with Crippen LogP contribution in [0.25, 0.3) is 0 Å². The SMILES string of the molecule is Cc1ccccc1C(CO)(CO)CCOCC(C)C. The van der Waals surface area contributed by atoms with E-state index in [1.165, 1.54) is 0 Å². The molecule has 108 valence electrons. The van der Waals surface area contributed by atoms with Crippen LogP contribution in [0.15, 0.2) is 24.3 Å². The van der Waals surface area contributed by atoms with Gasteiger partial charge in [-0.05, 0) is 30.4 Å². The van der Waals surface area contributed by atoms with Crippen molar-refractivity contribution in [3.05, 3.63) is 35.4 Å². The fraction of sp³-hybridized carbons (Fsp3) is 0.625. The van der Waals surface area contributed by atoms with Crippen LogP contribution in [0.3, 0.4) is 0 Å². The maximum atomic E-state index is 9.75. The maximum Gasteiger partial charge on any atom is 0.0551 e. The Kier molecular flexibility index (Phi) is 6.49. The molecule has 0 aliphatic rings. The summed E-state index contributed by atoms with van der Waals surface area (Å²) in [6.45, 7) is 7.33. The lowest BCUT2D eigenvalue weighted by Gasteiger charge is -2.32. The summed E-state index contributed by atoms with van der Waals surface area (Å²) in [6.07, 6.45) is 0.623. The minimum atomic E-state index is -0.609. The number of hydrogen-bond acceptors (Lipinski definition) is 3.